The Bertz CT molecular complexity index is 1030. The normalized spacial score (nSPS) is 16.6. The number of nitrogens with zero attached hydrogens (tertiary/aromatic N) is 4. The van der Waals surface area contributed by atoms with Gasteiger partial charge < -0.3 is 14.4 Å². The van der Waals surface area contributed by atoms with Crippen molar-refractivity contribution in [2.24, 2.45) is 0 Å². The maximum atomic E-state index is 13.6. The van der Waals surface area contributed by atoms with Crippen LogP contribution in [0.1, 0.15) is 40.9 Å². The minimum absolute atomic E-state index is 0.222. The minimum Gasteiger partial charge on any atom is -0.344 e. The predicted octanol–water partition coefficient (Wildman–Crippen LogP) is 2.10. The molecule has 1 aliphatic carbocycles. The van der Waals surface area contributed by atoms with Crippen molar-refractivity contribution in [1.29, 1.82) is 0 Å². The van der Waals surface area contributed by atoms with Crippen LogP contribution in [0.25, 0.3) is 12.2 Å². The first-order valence-electron chi connectivity index (χ1n) is 12.1. The highest BCUT2D eigenvalue weighted by atomic mass is 16.2. The van der Waals surface area contributed by atoms with Crippen LogP contribution < -0.4 is 10.6 Å². The molecular weight excluding hydrogens is 396 g/mol. The summed E-state index contributed by atoms with van der Waals surface area (Å²) >= 11 is 0. The summed E-state index contributed by atoms with van der Waals surface area (Å²) < 4.78 is 2.39. The maximum absolute atomic E-state index is 13.6. The lowest BCUT2D eigenvalue weighted by molar-refractivity contribution is 0.0636. The molecule has 0 bridgehead atoms. The Morgan fingerprint density at radius 3 is 2.41 bits per heavy atom. The van der Waals surface area contributed by atoms with Crippen molar-refractivity contribution < 1.29 is 4.79 Å². The summed E-state index contributed by atoms with van der Waals surface area (Å²) in [5.74, 6) is 0.222. The summed E-state index contributed by atoms with van der Waals surface area (Å²) in [6, 6.07) is 10.7. The molecule has 4 rings (SSSR count). The second-order valence-corrected chi connectivity index (χ2v) is 9.42. The van der Waals surface area contributed by atoms with Crippen molar-refractivity contribution in [2.45, 2.75) is 39.2 Å². The van der Waals surface area contributed by atoms with Crippen molar-refractivity contribution in [3.05, 3.63) is 57.7 Å². The van der Waals surface area contributed by atoms with E-state index in [1.807, 2.05) is 0 Å². The maximum Gasteiger partial charge on any atom is 0.256 e. The van der Waals surface area contributed by atoms with Gasteiger partial charge in [0.25, 0.3) is 5.91 Å². The second kappa shape index (κ2) is 10.5. The second-order valence-electron chi connectivity index (χ2n) is 9.42. The monoisotopic (exact) mass is 434 g/mol. The molecule has 1 fully saturated rings. The lowest BCUT2D eigenvalue weighted by Gasteiger charge is -2.35. The van der Waals surface area contributed by atoms with E-state index in [0.29, 0.717) is 0 Å². The van der Waals surface area contributed by atoms with Gasteiger partial charge in [-0.15, -0.1) is 0 Å². The van der Waals surface area contributed by atoms with Gasteiger partial charge in [-0.1, -0.05) is 42.5 Å². The molecule has 2 aliphatic rings. The third-order valence-corrected chi connectivity index (χ3v) is 6.88. The molecule has 0 spiro atoms. The van der Waals surface area contributed by atoms with Gasteiger partial charge in [0.05, 0.1) is 5.56 Å². The molecule has 1 aromatic heterocycles. The Morgan fingerprint density at radius 1 is 0.969 bits per heavy atom. The number of amides is 1. The first-order chi connectivity index (χ1) is 15.5. The van der Waals surface area contributed by atoms with E-state index in [1.54, 1.807) is 0 Å². The molecule has 0 atom stereocenters. The Morgan fingerprint density at radius 2 is 1.69 bits per heavy atom. The third-order valence-electron chi connectivity index (χ3n) is 6.88. The molecule has 0 saturated carbocycles. The van der Waals surface area contributed by atoms with Gasteiger partial charge in [-0.25, -0.2) is 0 Å². The van der Waals surface area contributed by atoms with E-state index in [4.69, 9.17) is 0 Å². The fourth-order valence-electron chi connectivity index (χ4n) is 5.03. The van der Waals surface area contributed by atoms with Crippen LogP contribution in [0.2, 0.25) is 0 Å². The van der Waals surface area contributed by atoms with Gasteiger partial charge in [-0.2, -0.15) is 0 Å². The fourth-order valence-corrected chi connectivity index (χ4v) is 5.03. The summed E-state index contributed by atoms with van der Waals surface area (Å²) in [5.41, 5.74) is 3.47. The largest absolute Gasteiger partial charge is 0.344 e. The van der Waals surface area contributed by atoms with E-state index >= 15 is 0 Å². The highest BCUT2D eigenvalue weighted by Gasteiger charge is 2.26. The van der Waals surface area contributed by atoms with Crippen molar-refractivity contribution in [2.75, 3.05) is 53.4 Å². The third kappa shape index (κ3) is 5.16. The minimum atomic E-state index is 0.222. The smallest absolute Gasteiger partial charge is 0.256 e. The molecule has 32 heavy (non-hydrogen) atoms. The van der Waals surface area contributed by atoms with Gasteiger partial charge >= 0.3 is 0 Å². The van der Waals surface area contributed by atoms with Crippen molar-refractivity contribution in [3.63, 3.8) is 0 Å². The molecule has 0 unspecified atom stereocenters. The van der Waals surface area contributed by atoms with E-state index in [2.05, 4.69) is 82.8 Å². The van der Waals surface area contributed by atoms with Gasteiger partial charge in [-0.3, -0.25) is 9.69 Å². The van der Waals surface area contributed by atoms with Gasteiger partial charge in [0.15, 0.2) is 0 Å². The summed E-state index contributed by atoms with van der Waals surface area (Å²) in [4.78, 5) is 20.4. The van der Waals surface area contributed by atoms with Gasteiger partial charge in [0.1, 0.15) is 0 Å². The molecular formula is C27H38N4O. The first kappa shape index (κ1) is 22.8. The lowest BCUT2D eigenvalue weighted by atomic mass is 10.1. The zero-order valence-electron chi connectivity index (χ0n) is 20.0. The molecule has 2 heterocycles. The van der Waals surface area contributed by atoms with Crippen molar-refractivity contribution >= 4 is 18.1 Å². The van der Waals surface area contributed by atoms with E-state index < -0.39 is 0 Å². The van der Waals surface area contributed by atoms with Crippen LogP contribution in [0.4, 0.5) is 0 Å². The fraction of sp³-hybridized carbons (Fsp3) is 0.519. The van der Waals surface area contributed by atoms with Crippen LogP contribution in [-0.4, -0.2) is 78.5 Å². The van der Waals surface area contributed by atoms with Crippen molar-refractivity contribution in [1.82, 2.24) is 19.3 Å². The molecule has 5 heteroatoms. The van der Waals surface area contributed by atoms with Crippen molar-refractivity contribution in [3.8, 4) is 0 Å². The van der Waals surface area contributed by atoms with Crippen LogP contribution in [0.5, 0.6) is 0 Å². The van der Waals surface area contributed by atoms with E-state index in [0.717, 1.165) is 82.8 Å². The number of hydrogen-bond acceptors (Lipinski definition) is 3. The van der Waals surface area contributed by atoms with Crippen LogP contribution in [0, 0.1) is 6.92 Å². The molecule has 1 aliphatic heterocycles. The Balaban J connectivity index is 1.43. The average Bonchev–Trinajstić information content (AvgIpc) is 3.09. The topological polar surface area (TPSA) is 31.7 Å². The zero-order valence-corrected chi connectivity index (χ0v) is 20.0. The number of rotatable bonds is 8. The van der Waals surface area contributed by atoms with Crippen LogP contribution >= 0.6 is 0 Å². The highest BCUT2D eigenvalue weighted by Crippen LogP contribution is 2.13. The lowest BCUT2D eigenvalue weighted by Crippen LogP contribution is -2.50. The summed E-state index contributed by atoms with van der Waals surface area (Å²) in [6.45, 7) is 8.78. The molecule has 1 saturated heterocycles. The first-order valence-corrected chi connectivity index (χ1v) is 12.1. The number of piperazine rings is 1. The Hall–Kier alpha value is -2.37. The van der Waals surface area contributed by atoms with E-state index in [-0.39, 0.29) is 5.91 Å². The molecule has 1 aromatic carbocycles. The van der Waals surface area contributed by atoms with Crippen LogP contribution in [0.15, 0.2) is 30.3 Å². The predicted molar refractivity (Wildman–Crippen MR) is 132 cm³/mol. The summed E-state index contributed by atoms with van der Waals surface area (Å²) in [5, 5.41) is 2.44. The van der Waals surface area contributed by atoms with Gasteiger partial charge in [0.2, 0.25) is 0 Å². The summed E-state index contributed by atoms with van der Waals surface area (Å²) in [7, 11) is 4.23. The highest BCUT2D eigenvalue weighted by molar-refractivity contribution is 5.96. The molecule has 1 amide bonds. The van der Waals surface area contributed by atoms with E-state index in [1.165, 1.54) is 16.1 Å². The standard InChI is InChI=1S/C27H38N4O/c1-22-26(24-12-7-8-13-25(24)31(22)16-9-15-28(2)3)27(32)30-20-18-29(19-21-30)17-14-23-10-5-4-6-11-23/h4-6,10-13H,7-9,14-21H2,1-3H3. The van der Waals surface area contributed by atoms with Crippen LogP contribution in [-0.2, 0) is 13.0 Å². The zero-order chi connectivity index (χ0) is 22.5. The molecule has 5 nitrogen and oxygen atoms in total. The van der Waals surface area contributed by atoms with E-state index in [9.17, 15) is 4.79 Å². The number of fused-ring (bicyclic) bond motifs is 1. The number of aromatic nitrogens is 1. The molecule has 172 valence electrons. The number of carbonyl (C=O) groups excluding carboxylic acids is 1. The number of carbonyl (C=O) groups is 1. The number of benzene rings is 1. The summed E-state index contributed by atoms with van der Waals surface area (Å²) in [6.07, 6.45) is 8.88. The number of hydrogen-bond donors (Lipinski definition) is 0. The Kier molecular flexibility index (Phi) is 7.48. The molecule has 0 N–H and O–H groups in total. The molecule has 0 radical (unpaired) electrons. The van der Waals surface area contributed by atoms with Crippen LogP contribution in [0.3, 0.4) is 0 Å². The van der Waals surface area contributed by atoms with Gasteiger partial charge in [0, 0.05) is 55.5 Å². The SMILES string of the molecule is Cc1c(C(=O)N2CCN(CCc3ccccc3)CC2)c2c(n1CCCN(C)C)=CCCC=2. The van der Waals surface area contributed by atoms with Gasteiger partial charge in [-0.05, 0) is 58.8 Å². The molecule has 2 aromatic rings. The quantitative estimate of drug-likeness (QED) is 0.638. The average molecular weight is 435 g/mol. The Labute approximate surface area is 192 Å².